The summed E-state index contributed by atoms with van der Waals surface area (Å²) in [5.41, 5.74) is -0.507. The fourth-order valence-electron chi connectivity index (χ4n) is 2.02. The molecule has 0 aliphatic carbocycles. The fraction of sp³-hybridized carbons (Fsp3) is 0.357. The van der Waals surface area contributed by atoms with Crippen molar-refractivity contribution in [1.29, 1.82) is 0 Å². The zero-order chi connectivity index (χ0) is 17.0. The molecule has 2 rings (SSSR count). The number of aryl methyl sites for hydroxylation is 1. The molecule has 1 unspecified atom stereocenters. The zero-order valence-electron chi connectivity index (χ0n) is 12.6. The van der Waals surface area contributed by atoms with Crippen molar-refractivity contribution in [2.24, 2.45) is 0 Å². The summed E-state index contributed by atoms with van der Waals surface area (Å²) < 4.78 is 39.0. The number of carbonyl (C=O) groups excluding carboxylic acids is 1. The Kier molecular flexibility index (Phi) is 4.87. The average Bonchev–Trinajstić information content (AvgIpc) is 2.95. The van der Waals surface area contributed by atoms with E-state index in [4.69, 9.17) is 0 Å². The Morgan fingerprint density at radius 2 is 1.96 bits per heavy atom. The van der Waals surface area contributed by atoms with Gasteiger partial charge in [0.1, 0.15) is 12.2 Å². The SMILES string of the molecule is CCn1ncnc1C(C)NC(=O)Nc1ccc(C(F)(F)F)cc1. The molecule has 124 valence electrons. The topological polar surface area (TPSA) is 71.8 Å². The first-order chi connectivity index (χ1) is 10.8. The lowest BCUT2D eigenvalue weighted by Crippen LogP contribution is -2.32. The molecule has 0 spiro atoms. The smallest absolute Gasteiger partial charge is 0.328 e. The van der Waals surface area contributed by atoms with Crippen LogP contribution in [0.5, 0.6) is 0 Å². The van der Waals surface area contributed by atoms with E-state index in [0.29, 0.717) is 12.4 Å². The molecule has 0 saturated carbocycles. The van der Waals surface area contributed by atoms with Gasteiger partial charge in [-0.05, 0) is 38.1 Å². The van der Waals surface area contributed by atoms with Crippen LogP contribution < -0.4 is 10.6 Å². The van der Waals surface area contributed by atoms with Crippen LogP contribution in [-0.4, -0.2) is 20.8 Å². The fourth-order valence-corrected chi connectivity index (χ4v) is 2.02. The Morgan fingerprint density at radius 1 is 1.30 bits per heavy atom. The van der Waals surface area contributed by atoms with E-state index in [2.05, 4.69) is 20.7 Å². The van der Waals surface area contributed by atoms with E-state index in [0.717, 1.165) is 12.1 Å². The van der Waals surface area contributed by atoms with Crippen molar-refractivity contribution in [1.82, 2.24) is 20.1 Å². The maximum atomic E-state index is 12.5. The number of amides is 2. The van der Waals surface area contributed by atoms with Gasteiger partial charge in [0.2, 0.25) is 0 Å². The van der Waals surface area contributed by atoms with Gasteiger partial charge in [-0.3, -0.25) is 0 Å². The number of hydrogen-bond acceptors (Lipinski definition) is 3. The van der Waals surface area contributed by atoms with Crippen LogP contribution in [0, 0.1) is 0 Å². The van der Waals surface area contributed by atoms with Crippen LogP contribution in [0.1, 0.15) is 31.3 Å². The lowest BCUT2D eigenvalue weighted by Gasteiger charge is -2.15. The summed E-state index contributed by atoms with van der Waals surface area (Å²) in [7, 11) is 0. The molecule has 1 aromatic heterocycles. The average molecular weight is 327 g/mol. The van der Waals surface area contributed by atoms with Gasteiger partial charge >= 0.3 is 12.2 Å². The van der Waals surface area contributed by atoms with Crippen molar-refractivity contribution in [2.75, 3.05) is 5.32 Å². The highest BCUT2D eigenvalue weighted by Gasteiger charge is 2.30. The van der Waals surface area contributed by atoms with Crippen LogP contribution in [0.15, 0.2) is 30.6 Å². The minimum absolute atomic E-state index is 0.264. The molecule has 0 radical (unpaired) electrons. The Labute approximate surface area is 130 Å². The number of nitrogens with one attached hydrogen (secondary N) is 2. The van der Waals surface area contributed by atoms with E-state index < -0.39 is 23.8 Å². The van der Waals surface area contributed by atoms with Crippen molar-refractivity contribution in [3.05, 3.63) is 42.0 Å². The number of anilines is 1. The number of urea groups is 1. The molecule has 2 aromatic rings. The van der Waals surface area contributed by atoms with Gasteiger partial charge in [0.25, 0.3) is 0 Å². The summed E-state index contributed by atoms with van der Waals surface area (Å²) in [5.74, 6) is 0.593. The van der Waals surface area contributed by atoms with Gasteiger partial charge < -0.3 is 10.6 Å². The van der Waals surface area contributed by atoms with Crippen LogP contribution in [0.2, 0.25) is 0 Å². The second-order valence-corrected chi connectivity index (χ2v) is 4.83. The Bertz CT molecular complexity index is 666. The van der Waals surface area contributed by atoms with E-state index in [-0.39, 0.29) is 5.69 Å². The first-order valence-corrected chi connectivity index (χ1v) is 6.93. The van der Waals surface area contributed by atoms with Crippen molar-refractivity contribution in [2.45, 2.75) is 32.6 Å². The molecule has 2 N–H and O–H groups in total. The van der Waals surface area contributed by atoms with Gasteiger partial charge in [0, 0.05) is 12.2 Å². The van der Waals surface area contributed by atoms with Gasteiger partial charge in [-0.15, -0.1) is 0 Å². The molecule has 1 heterocycles. The molecule has 0 aliphatic heterocycles. The standard InChI is InChI=1S/C14H16F3N5O/c1-3-22-12(18-8-19-22)9(2)20-13(23)21-11-6-4-10(5-7-11)14(15,16)17/h4-9H,3H2,1-2H3,(H2,20,21,23). The van der Waals surface area contributed by atoms with Crippen LogP contribution in [-0.2, 0) is 12.7 Å². The van der Waals surface area contributed by atoms with Gasteiger partial charge in [0.15, 0.2) is 0 Å². The monoisotopic (exact) mass is 327 g/mol. The number of benzene rings is 1. The number of halogens is 3. The number of aromatic nitrogens is 3. The van der Waals surface area contributed by atoms with Crippen LogP contribution in [0.3, 0.4) is 0 Å². The quantitative estimate of drug-likeness (QED) is 0.906. The molecule has 1 atom stereocenters. The number of rotatable bonds is 4. The minimum Gasteiger partial charge on any atom is -0.328 e. The highest BCUT2D eigenvalue weighted by Crippen LogP contribution is 2.29. The Balaban J connectivity index is 1.97. The third kappa shape index (κ3) is 4.21. The van der Waals surface area contributed by atoms with E-state index in [1.54, 1.807) is 11.6 Å². The predicted octanol–water partition coefficient (Wildman–Crippen LogP) is 3.20. The highest BCUT2D eigenvalue weighted by molar-refractivity contribution is 5.89. The van der Waals surface area contributed by atoms with Crippen LogP contribution in [0.4, 0.5) is 23.7 Å². The maximum absolute atomic E-state index is 12.5. The van der Waals surface area contributed by atoms with Crippen molar-refractivity contribution >= 4 is 11.7 Å². The van der Waals surface area contributed by atoms with Gasteiger partial charge in [-0.1, -0.05) is 0 Å². The maximum Gasteiger partial charge on any atom is 0.416 e. The molecule has 23 heavy (non-hydrogen) atoms. The molecular formula is C14H16F3N5O. The summed E-state index contributed by atoms with van der Waals surface area (Å²) in [6.07, 6.45) is -3.01. The molecule has 0 bridgehead atoms. The number of nitrogens with zero attached hydrogens (tertiary/aromatic N) is 3. The van der Waals surface area contributed by atoms with E-state index in [9.17, 15) is 18.0 Å². The van der Waals surface area contributed by atoms with Crippen molar-refractivity contribution in [3.63, 3.8) is 0 Å². The number of hydrogen-bond donors (Lipinski definition) is 2. The summed E-state index contributed by atoms with van der Waals surface area (Å²) in [6, 6.07) is 3.28. The summed E-state index contributed by atoms with van der Waals surface area (Å²) in [4.78, 5) is 16.0. The lowest BCUT2D eigenvalue weighted by atomic mass is 10.2. The minimum atomic E-state index is -4.40. The van der Waals surface area contributed by atoms with E-state index in [1.165, 1.54) is 18.5 Å². The third-order valence-corrected chi connectivity index (χ3v) is 3.15. The Hall–Kier alpha value is -2.58. The van der Waals surface area contributed by atoms with E-state index >= 15 is 0 Å². The molecule has 9 heteroatoms. The largest absolute Gasteiger partial charge is 0.416 e. The highest BCUT2D eigenvalue weighted by atomic mass is 19.4. The molecule has 0 saturated heterocycles. The van der Waals surface area contributed by atoms with Gasteiger partial charge in [-0.2, -0.15) is 18.3 Å². The first kappa shape index (κ1) is 16.8. The lowest BCUT2D eigenvalue weighted by molar-refractivity contribution is -0.137. The molecule has 0 aliphatic rings. The summed E-state index contributed by atoms with van der Waals surface area (Å²) >= 11 is 0. The van der Waals surface area contributed by atoms with Crippen LogP contribution in [0.25, 0.3) is 0 Å². The van der Waals surface area contributed by atoms with Crippen molar-refractivity contribution < 1.29 is 18.0 Å². The molecular weight excluding hydrogens is 311 g/mol. The number of alkyl halides is 3. The molecule has 2 amide bonds. The zero-order valence-corrected chi connectivity index (χ0v) is 12.6. The summed E-state index contributed by atoms with van der Waals surface area (Å²) in [5, 5.41) is 9.14. The first-order valence-electron chi connectivity index (χ1n) is 6.93. The number of carbonyl (C=O) groups is 1. The normalized spacial score (nSPS) is 12.7. The summed E-state index contributed by atoms with van der Waals surface area (Å²) in [6.45, 7) is 4.25. The Morgan fingerprint density at radius 3 is 2.52 bits per heavy atom. The predicted molar refractivity (Wildman–Crippen MR) is 77.7 cm³/mol. The van der Waals surface area contributed by atoms with Gasteiger partial charge in [0.05, 0.1) is 11.6 Å². The molecule has 6 nitrogen and oxygen atoms in total. The second kappa shape index (κ2) is 6.67. The van der Waals surface area contributed by atoms with Crippen LogP contribution >= 0.6 is 0 Å². The van der Waals surface area contributed by atoms with Crippen molar-refractivity contribution in [3.8, 4) is 0 Å². The molecule has 1 aromatic carbocycles. The molecule has 0 fully saturated rings. The van der Waals surface area contributed by atoms with E-state index in [1.807, 2.05) is 6.92 Å². The third-order valence-electron chi connectivity index (χ3n) is 3.15. The van der Waals surface area contributed by atoms with Gasteiger partial charge in [-0.25, -0.2) is 14.5 Å². The second-order valence-electron chi connectivity index (χ2n) is 4.83.